The second-order valence-corrected chi connectivity index (χ2v) is 11.2. The average molecular weight is 596 g/mol. The molecule has 3 amide bonds. The van der Waals surface area contributed by atoms with E-state index in [-0.39, 0.29) is 18.1 Å². The number of rotatable bonds is 16. The summed E-state index contributed by atoms with van der Waals surface area (Å²) in [5.41, 5.74) is 14.8. The molecule has 0 unspecified atom stereocenters. The van der Waals surface area contributed by atoms with Crippen LogP contribution in [0, 0.1) is 0 Å². The van der Waals surface area contributed by atoms with Crippen LogP contribution >= 0.6 is 0 Å². The Labute approximate surface area is 253 Å². The molecule has 1 aliphatic rings. The standard InChI is InChI=1S/C32H45N5O6/c1-21(32(42)43)35-29(39)27(19-22-13-15-25(38)16-14-22)36-30(40)28-12-8-18-37(28)31(41)26(34)20-24-11-6-5-10-23(24)9-4-2-3-7-17-33/h5-6,10-11,13-16,21,26-28,38H,2-4,7-9,12,17-20,33-34H2,1H3,(H,35,39)(H,36,40)(H,42,43)/t21-,26-,27-,28-/m0/s1. The number of benzene rings is 2. The fourth-order valence-electron chi connectivity index (χ4n) is 5.37. The van der Waals surface area contributed by atoms with Crippen molar-refractivity contribution in [2.45, 2.75) is 88.9 Å². The molecule has 2 aromatic rings. The van der Waals surface area contributed by atoms with Gasteiger partial charge in [-0.15, -0.1) is 0 Å². The van der Waals surface area contributed by atoms with Crippen molar-refractivity contribution in [3.8, 4) is 5.75 Å². The maximum absolute atomic E-state index is 13.5. The molecule has 11 nitrogen and oxygen atoms in total. The molecule has 1 fully saturated rings. The third kappa shape index (κ3) is 10.1. The van der Waals surface area contributed by atoms with E-state index in [0.29, 0.717) is 37.9 Å². The molecule has 8 N–H and O–H groups in total. The predicted molar refractivity (Wildman–Crippen MR) is 163 cm³/mol. The van der Waals surface area contributed by atoms with Gasteiger partial charge in [0.1, 0.15) is 23.9 Å². The summed E-state index contributed by atoms with van der Waals surface area (Å²) in [6.07, 6.45) is 6.54. The first-order valence-corrected chi connectivity index (χ1v) is 15.0. The Morgan fingerprint density at radius 3 is 2.30 bits per heavy atom. The number of carboxylic acid groups (broad SMARTS) is 1. The third-order valence-corrected chi connectivity index (χ3v) is 7.85. The van der Waals surface area contributed by atoms with Gasteiger partial charge in [0.15, 0.2) is 0 Å². The van der Waals surface area contributed by atoms with Crippen LogP contribution in [0.1, 0.15) is 62.1 Å². The second kappa shape index (κ2) is 16.6. The minimum Gasteiger partial charge on any atom is -0.508 e. The molecule has 234 valence electrons. The number of aliphatic carboxylic acids is 1. The number of unbranched alkanes of at least 4 members (excludes halogenated alkanes) is 3. The van der Waals surface area contributed by atoms with E-state index in [2.05, 4.69) is 16.7 Å². The van der Waals surface area contributed by atoms with Gasteiger partial charge in [0.25, 0.3) is 0 Å². The zero-order valence-electron chi connectivity index (χ0n) is 24.8. The molecule has 0 aromatic heterocycles. The number of nitrogens with two attached hydrogens (primary N) is 2. The van der Waals surface area contributed by atoms with E-state index in [9.17, 15) is 29.4 Å². The lowest BCUT2D eigenvalue weighted by Crippen LogP contribution is -2.57. The van der Waals surface area contributed by atoms with Gasteiger partial charge in [-0.3, -0.25) is 19.2 Å². The zero-order valence-corrected chi connectivity index (χ0v) is 24.8. The lowest BCUT2D eigenvalue weighted by atomic mass is 9.96. The number of likely N-dealkylation sites (tertiary alicyclic amines) is 1. The average Bonchev–Trinajstić information content (AvgIpc) is 3.48. The fraction of sp³-hybridized carbons (Fsp3) is 0.500. The molecule has 4 atom stereocenters. The van der Waals surface area contributed by atoms with E-state index in [4.69, 9.17) is 11.5 Å². The summed E-state index contributed by atoms with van der Waals surface area (Å²) in [5.74, 6) is -2.65. The van der Waals surface area contributed by atoms with E-state index < -0.39 is 42.0 Å². The van der Waals surface area contributed by atoms with E-state index >= 15 is 0 Å². The van der Waals surface area contributed by atoms with Crippen molar-refractivity contribution in [2.24, 2.45) is 11.5 Å². The summed E-state index contributed by atoms with van der Waals surface area (Å²) in [5, 5.41) is 24.0. The topological polar surface area (TPSA) is 188 Å². The number of amides is 3. The molecule has 0 radical (unpaired) electrons. The Hall–Kier alpha value is -3.96. The number of hydrogen-bond acceptors (Lipinski definition) is 7. The summed E-state index contributed by atoms with van der Waals surface area (Å²) in [6.45, 7) is 2.40. The molecule has 0 saturated carbocycles. The van der Waals surface area contributed by atoms with Crippen molar-refractivity contribution in [3.63, 3.8) is 0 Å². The van der Waals surface area contributed by atoms with Crippen LogP contribution in [0.15, 0.2) is 48.5 Å². The minimum atomic E-state index is -1.21. The number of nitrogens with zero attached hydrogens (tertiary/aromatic N) is 1. The van der Waals surface area contributed by atoms with Crippen molar-refractivity contribution in [1.29, 1.82) is 0 Å². The maximum atomic E-state index is 13.5. The summed E-state index contributed by atoms with van der Waals surface area (Å²) in [4.78, 5) is 52.8. The molecule has 1 saturated heterocycles. The molecule has 0 spiro atoms. The molecule has 2 aromatic carbocycles. The van der Waals surface area contributed by atoms with Gasteiger partial charge in [-0.05, 0) is 80.8 Å². The van der Waals surface area contributed by atoms with Crippen molar-refractivity contribution in [3.05, 3.63) is 65.2 Å². The monoisotopic (exact) mass is 595 g/mol. The van der Waals surface area contributed by atoms with Crippen LogP contribution in [0.3, 0.4) is 0 Å². The van der Waals surface area contributed by atoms with Crippen molar-refractivity contribution >= 4 is 23.7 Å². The van der Waals surface area contributed by atoms with Gasteiger partial charge in [0.05, 0.1) is 6.04 Å². The van der Waals surface area contributed by atoms with Gasteiger partial charge < -0.3 is 37.2 Å². The highest BCUT2D eigenvalue weighted by molar-refractivity contribution is 5.94. The van der Waals surface area contributed by atoms with Gasteiger partial charge in [0.2, 0.25) is 17.7 Å². The molecular weight excluding hydrogens is 550 g/mol. The van der Waals surface area contributed by atoms with E-state index in [1.165, 1.54) is 24.0 Å². The summed E-state index contributed by atoms with van der Waals surface area (Å²) < 4.78 is 0. The van der Waals surface area contributed by atoms with Gasteiger partial charge in [-0.1, -0.05) is 49.2 Å². The van der Waals surface area contributed by atoms with Crippen LogP contribution in [0.25, 0.3) is 0 Å². The van der Waals surface area contributed by atoms with E-state index in [1.54, 1.807) is 12.1 Å². The molecule has 3 rings (SSSR count). The molecule has 43 heavy (non-hydrogen) atoms. The van der Waals surface area contributed by atoms with Crippen molar-refractivity contribution in [1.82, 2.24) is 15.5 Å². The summed E-state index contributed by atoms with van der Waals surface area (Å²) in [6, 6.07) is 10.2. The quantitative estimate of drug-likeness (QED) is 0.158. The van der Waals surface area contributed by atoms with Crippen LogP contribution < -0.4 is 22.1 Å². The first-order chi connectivity index (χ1) is 20.6. The third-order valence-electron chi connectivity index (χ3n) is 7.85. The number of nitrogens with one attached hydrogen (secondary N) is 2. The van der Waals surface area contributed by atoms with Gasteiger partial charge >= 0.3 is 5.97 Å². The number of aromatic hydroxyl groups is 1. The Kier molecular flexibility index (Phi) is 13.0. The normalized spacial score (nSPS) is 16.7. The molecular formula is C32H45N5O6. The number of carbonyl (C=O) groups is 4. The highest BCUT2D eigenvalue weighted by Crippen LogP contribution is 2.21. The predicted octanol–water partition coefficient (Wildman–Crippen LogP) is 1.63. The van der Waals surface area contributed by atoms with Gasteiger partial charge in [0, 0.05) is 13.0 Å². The van der Waals surface area contributed by atoms with Crippen LogP contribution in [-0.4, -0.2) is 76.1 Å². The Morgan fingerprint density at radius 1 is 0.953 bits per heavy atom. The number of phenolic OH excluding ortho intramolecular Hbond substituents is 1. The lowest BCUT2D eigenvalue weighted by Gasteiger charge is -2.29. The van der Waals surface area contributed by atoms with Crippen LogP contribution in [0.4, 0.5) is 0 Å². The first-order valence-electron chi connectivity index (χ1n) is 15.0. The highest BCUT2D eigenvalue weighted by atomic mass is 16.4. The fourth-order valence-corrected chi connectivity index (χ4v) is 5.37. The number of carboxylic acids is 1. The van der Waals surface area contributed by atoms with Crippen LogP contribution in [0.2, 0.25) is 0 Å². The highest BCUT2D eigenvalue weighted by Gasteiger charge is 2.38. The number of carbonyl (C=O) groups excluding carboxylic acids is 3. The largest absolute Gasteiger partial charge is 0.508 e. The second-order valence-electron chi connectivity index (χ2n) is 11.2. The molecule has 0 aliphatic carbocycles. The molecule has 1 heterocycles. The van der Waals surface area contributed by atoms with E-state index in [0.717, 1.165) is 43.2 Å². The van der Waals surface area contributed by atoms with Crippen LogP contribution in [0.5, 0.6) is 5.75 Å². The molecule has 0 bridgehead atoms. The van der Waals surface area contributed by atoms with E-state index in [1.807, 2.05) is 18.2 Å². The summed E-state index contributed by atoms with van der Waals surface area (Å²) >= 11 is 0. The maximum Gasteiger partial charge on any atom is 0.325 e. The minimum absolute atomic E-state index is 0.0508. The van der Waals surface area contributed by atoms with Crippen molar-refractivity contribution in [2.75, 3.05) is 13.1 Å². The SMILES string of the molecule is C[C@H](NC(=O)[C@H](Cc1ccc(O)cc1)NC(=O)[C@@H]1CCCN1C(=O)[C@@H](N)Cc1ccccc1CCCCCCN)C(=O)O. The Bertz CT molecular complexity index is 1240. The number of phenols is 1. The smallest absolute Gasteiger partial charge is 0.325 e. The van der Waals surface area contributed by atoms with Gasteiger partial charge in [-0.2, -0.15) is 0 Å². The van der Waals surface area contributed by atoms with Gasteiger partial charge in [-0.25, -0.2) is 0 Å². The number of aryl methyl sites for hydroxylation is 1. The summed E-state index contributed by atoms with van der Waals surface area (Å²) in [7, 11) is 0. The lowest BCUT2D eigenvalue weighted by molar-refractivity contribution is -0.142. The molecule has 11 heteroatoms. The Morgan fingerprint density at radius 2 is 1.63 bits per heavy atom. The first kappa shape index (κ1) is 33.5. The Balaban J connectivity index is 1.67. The zero-order chi connectivity index (χ0) is 31.4. The van der Waals surface area contributed by atoms with Crippen molar-refractivity contribution < 1.29 is 29.4 Å². The van der Waals surface area contributed by atoms with Crippen LogP contribution in [-0.2, 0) is 38.4 Å². The number of hydrogen-bond donors (Lipinski definition) is 6. The molecule has 1 aliphatic heterocycles.